The highest BCUT2D eigenvalue weighted by atomic mass is 16.4. The molecule has 0 radical (unpaired) electrons. The number of hydrogen-bond donors (Lipinski definition) is 2. The van der Waals surface area contributed by atoms with Crippen molar-refractivity contribution in [2.24, 2.45) is 0 Å². The lowest BCUT2D eigenvalue weighted by molar-refractivity contribution is -0.138. The minimum absolute atomic E-state index is 0.199. The van der Waals surface area contributed by atoms with E-state index in [0.29, 0.717) is 11.5 Å². The van der Waals surface area contributed by atoms with Crippen molar-refractivity contribution >= 4 is 5.97 Å². The van der Waals surface area contributed by atoms with E-state index in [1.54, 1.807) is 0 Å². The van der Waals surface area contributed by atoms with Gasteiger partial charge in [0.1, 0.15) is 11.7 Å². The Morgan fingerprint density at radius 1 is 1.67 bits per heavy atom. The highest BCUT2D eigenvalue weighted by Crippen LogP contribution is 2.37. The van der Waals surface area contributed by atoms with Gasteiger partial charge in [-0.15, -0.1) is 0 Å². The number of hydrogen-bond acceptors (Lipinski definition) is 3. The summed E-state index contributed by atoms with van der Waals surface area (Å²) in [5, 5.41) is 8.76. The first kappa shape index (κ1) is 9.89. The molecule has 2 N–H and O–H groups in total. The molecule has 1 atom stereocenters. The second-order valence-corrected chi connectivity index (χ2v) is 3.89. The molecule has 1 fully saturated rings. The highest BCUT2D eigenvalue weighted by molar-refractivity contribution is 5.74. The monoisotopic (exact) mass is 208 g/mol. The minimum atomic E-state index is -0.989. The van der Waals surface area contributed by atoms with Crippen LogP contribution in [0.15, 0.2) is 11.0 Å². The van der Waals surface area contributed by atoms with Gasteiger partial charge in [0.05, 0.1) is 0 Å². The van der Waals surface area contributed by atoms with Crippen LogP contribution in [0.3, 0.4) is 0 Å². The van der Waals surface area contributed by atoms with Gasteiger partial charge in [-0.3, -0.25) is 9.59 Å². The van der Waals surface area contributed by atoms with Gasteiger partial charge in [-0.1, -0.05) is 0 Å². The molecule has 0 spiro atoms. The van der Waals surface area contributed by atoms with E-state index < -0.39 is 11.9 Å². The van der Waals surface area contributed by atoms with Gasteiger partial charge in [-0.2, -0.15) is 0 Å². The second-order valence-electron chi connectivity index (χ2n) is 3.89. The largest absolute Gasteiger partial charge is 0.481 e. The number of carbonyl (C=O) groups is 1. The number of aliphatic carboxylic acids is 1. The van der Waals surface area contributed by atoms with E-state index in [1.807, 2.05) is 0 Å². The lowest BCUT2D eigenvalue weighted by atomic mass is 10.1. The summed E-state index contributed by atoms with van der Waals surface area (Å²) in [5.74, 6) is -1.21. The van der Waals surface area contributed by atoms with E-state index in [4.69, 9.17) is 5.11 Å². The third-order valence-corrected chi connectivity index (χ3v) is 2.64. The fourth-order valence-corrected chi connectivity index (χ4v) is 1.44. The van der Waals surface area contributed by atoms with Gasteiger partial charge >= 0.3 is 5.97 Å². The lowest BCUT2D eigenvalue weighted by Crippen LogP contribution is -2.20. The first-order valence-corrected chi connectivity index (χ1v) is 4.91. The molecule has 1 aliphatic carbocycles. The number of rotatable bonds is 3. The van der Waals surface area contributed by atoms with Crippen molar-refractivity contribution in [3.8, 4) is 0 Å². The van der Waals surface area contributed by atoms with E-state index in [9.17, 15) is 9.59 Å². The van der Waals surface area contributed by atoms with Crippen LogP contribution in [0.25, 0.3) is 0 Å². The Morgan fingerprint density at radius 3 is 2.80 bits per heavy atom. The van der Waals surface area contributed by atoms with Gasteiger partial charge < -0.3 is 10.1 Å². The predicted molar refractivity (Wildman–Crippen MR) is 52.9 cm³/mol. The molecule has 0 aliphatic heterocycles. The summed E-state index contributed by atoms with van der Waals surface area (Å²) in [5.41, 5.74) is 0.479. The number of carboxylic acid groups (broad SMARTS) is 1. The van der Waals surface area contributed by atoms with Crippen LogP contribution in [0.2, 0.25) is 0 Å². The quantitative estimate of drug-likeness (QED) is 0.770. The Hall–Kier alpha value is -1.65. The summed E-state index contributed by atoms with van der Waals surface area (Å²) in [4.78, 5) is 28.8. The molecule has 1 aliphatic rings. The van der Waals surface area contributed by atoms with Crippen molar-refractivity contribution in [2.45, 2.75) is 31.6 Å². The summed E-state index contributed by atoms with van der Waals surface area (Å²) in [6, 6.07) is 0. The SMILES string of the molecule is CC(C(=O)O)c1ncc(C2CC2)c(=O)[nH]1. The van der Waals surface area contributed by atoms with Gasteiger partial charge in [-0.25, -0.2) is 4.98 Å². The van der Waals surface area contributed by atoms with Crippen molar-refractivity contribution in [2.75, 3.05) is 0 Å². The maximum Gasteiger partial charge on any atom is 0.313 e. The zero-order valence-electron chi connectivity index (χ0n) is 8.36. The average Bonchev–Trinajstić information content (AvgIpc) is 3.00. The molecule has 0 amide bonds. The van der Waals surface area contributed by atoms with Crippen LogP contribution in [0.4, 0.5) is 0 Å². The average molecular weight is 208 g/mol. The van der Waals surface area contributed by atoms with E-state index in [2.05, 4.69) is 9.97 Å². The lowest BCUT2D eigenvalue weighted by Gasteiger charge is -2.05. The molecule has 1 aromatic rings. The molecule has 5 heteroatoms. The molecule has 0 bridgehead atoms. The maximum absolute atomic E-state index is 11.6. The topological polar surface area (TPSA) is 83.0 Å². The molecule has 2 rings (SSSR count). The number of carboxylic acids is 1. The van der Waals surface area contributed by atoms with Crippen LogP contribution in [-0.2, 0) is 4.79 Å². The van der Waals surface area contributed by atoms with Crippen molar-refractivity contribution < 1.29 is 9.90 Å². The molecule has 5 nitrogen and oxygen atoms in total. The molecule has 80 valence electrons. The van der Waals surface area contributed by atoms with E-state index in [1.165, 1.54) is 13.1 Å². The fraction of sp³-hybridized carbons (Fsp3) is 0.500. The zero-order chi connectivity index (χ0) is 11.0. The molecule has 1 saturated carbocycles. The number of nitrogens with zero attached hydrogens (tertiary/aromatic N) is 1. The summed E-state index contributed by atoms with van der Waals surface area (Å²) in [7, 11) is 0. The van der Waals surface area contributed by atoms with Crippen LogP contribution < -0.4 is 5.56 Å². The predicted octanol–water partition coefficient (Wildman–Crippen LogP) is 0.835. The van der Waals surface area contributed by atoms with Gasteiger partial charge in [-0.05, 0) is 25.7 Å². The standard InChI is InChI=1S/C10H12N2O3/c1-5(10(14)15)8-11-4-7(6-2-3-6)9(13)12-8/h4-6H,2-3H2,1H3,(H,14,15)(H,11,12,13). The van der Waals surface area contributed by atoms with Crippen molar-refractivity contribution in [3.63, 3.8) is 0 Å². The number of H-pyrrole nitrogens is 1. The Labute approximate surface area is 86.2 Å². The molecule has 1 unspecified atom stereocenters. The van der Waals surface area contributed by atoms with Crippen LogP contribution in [0, 0.1) is 0 Å². The molecule has 0 aromatic carbocycles. The van der Waals surface area contributed by atoms with Gasteiger partial charge in [0, 0.05) is 11.8 Å². The molecule has 1 heterocycles. The third-order valence-electron chi connectivity index (χ3n) is 2.64. The highest BCUT2D eigenvalue weighted by Gasteiger charge is 2.27. The van der Waals surface area contributed by atoms with Crippen LogP contribution in [0.1, 0.15) is 43.0 Å². The van der Waals surface area contributed by atoms with Gasteiger partial charge in [0.25, 0.3) is 5.56 Å². The summed E-state index contributed by atoms with van der Waals surface area (Å²) < 4.78 is 0. The first-order chi connectivity index (χ1) is 7.09. The molecule has 0 saturated heterocycles. The molecular weight excluding hydrogens is 196 g/mol. The number of aromatic nitrogens is 2. The van der Waals surface area contributed by atoms with E-state index in [-0.39, 0.29) is 11.4 Å². The van der Waals surface area contributed by atoms with Crippen molar-refractivity contribution in [1.82, 2.24) is 9.97 Å². The Balaban J connectivity index is 2.32. The van der Waals surface area contributed by atoms with Crippen LogP contribution >= 0.6 is 0 Å². The first-order valence-electron chi connectivity index (χ1n) is 4.91. The van der Waals surface area contributed by atoms with Crippen molar-refractivity contribution in [1.29, 1.82) is 0 Å². The smallest absolute Gasteiger partial charge is 0.313 e. The Morgan fingerprint density at radius 2 is 2.33 bits per heavy atom. The van der Waals surface area contributed by atoms with E-state index >= 15 is 0 Å². The van der Waals surface area contributed by atoms with Crippen LogP contribution in [0.5, 0.6) is 0 Å². The fourth-order valence-electron chi connectivity index (χ4n) is 1.44. The van der Waals surface area contributed by atoms with Crippen molar-refractivity contribution in [3.05, 3.63) is 27.9 Å². The zero-order valence-corrected chi connectivity index (χ0v) is 8.36. The van der Waals surface area contributed by atoms with Gasteiger partial charge in [0.15, 0.2) is 0 Å². The van der Waals surface area contributed by atoms with Crippen LogP contribution in [-0.4, -0.2) is 21.0 Å². The molecule has 1 aromatic heterocycles. The second kappa shape index (κ2) is 3.49. The normalized spacial score (nSPS) is 17.4. The Bertz CT molecular complexity index is 448. The minimum Gasteiger partial charge on any atom is -0.481 e. The maximum atomic E-state index is 11.6. The van der Waals surface area contributed by atoms with Gasteiger partial charge in [0.2, 0.25) is 0 Å². The number of aromatic amines is 1. The number of nitrogens with one attached hydrogen (secondary N) is 1. The molecule has 15 heavy (non-hydrogen) atoms. The molecular formula is C10H12N2O3. The summed E-state index contributed by atoms with van der Waals surface area (Å²) >= 11 is 0. The summed E-state index contributed by atoms with van der Waals surface area (Å²) in [6.45, 7) is 1.50. The summed E-state index contributed by atoms with van der Waals surface area (Å²) in [6.07, 6.45) is 3.56. The third kappa shape index (κ3) is 1.91. The van der Waals surface area contributed by atoms with E-state index in [0.717, 1.165) is 12.8 Å². The Kier molecular flexibility index (Phi) is 2.30.